The van der Waals surface area contributed by atoms with Gasteiger partial charge in [0.05, 0.1) is 17.9 Å². The Labute approximate surface area is 139 Å². The second kappa shape index (κ2) is 8.42. The van der Waals surface area contributed by atoms with E-state index < -0.39 is 11.9 Å². The van der Waals surface area contributed by atoms with E-state index in [1.165, 1.54) is 6.07 Å². The van der Waals surface area contributed by atoms with Crippen molar-refractivity contribution in [2.24, 2.45) is 5.73 Å². The molecule has 24 heavy (non-hydrogen) atoms. The number of anilines is 1. The highest BCUT2D eigenvalue weighted by atomic mass is 16.5. The lowest BCUT2D eigenvalue weighted by atomic mass is 10.1. The molecule has 3 amide bonds. The number of rotatable bonds is 7. The van der Waals surface area contributed by atoms with Crippen LogP contribution in [0.1, 0.15) is 17.3 Å². The molecule has 0 aliphatic rings. The van der Waals surface area contributed by atoms with Gasteiger partial charge in [-0.25, -0.2) is 4.79 Å². The molecule has 0 radical (unpaired) electrons. The molecule has 7 heteroatoms. The predicted molar refractivity (Wildman–Crippen MR) is 90.2 cm³/mol. The number of carbonyl (C=O) groups excluding carboxylic acids is 2. The Morgan fingerprint density at radius 3 is 2.25 bits per heavy atom. The van der Waals surface area contributed by atoms with Crippen molar-refractivity contribution in [2.45, 2.75) is 6.92 Å². The van der Waals surface area contributed by atoms with Crippen LogP contribution in [-0.2, 0) is 0 Å². The number of benzene rings is 2. The van der Waals surface area contributed by atoms with Crippen molar-refractivity contribution in [2.75, 3.05) is 18.7 Å². The van der Waals surface area contributed by atoms with Crippen molar-refractivity contribution in [3.8, 4) is 11.5 Å². The van der Waals surface area contributed by atoms with E-state index in [-0.39, 0.29) is 12.3 Å². The second-order valence-electron chi connectivity index (χ2n) is 4.73. The maximum absolute atomic E-state index is 11.8. The van der Waals surface area contributed by atoms with Gasteiger partial charge in [0.1, 0.15) is 11.5 Å². The molecule has 4 N–H and O–H groups in total. The molecule has 0 saturated carbocycles. The third-order valence-electron chi connectivity index (χ3n) is 3.05. The van der Waals surface area contributed by atoms with Crippen LogP contribution in [0.4, 0.5) is 10.5 Å². The third-order valence-corrected chi connectivity index (χ3v) is 3.05. The Balaban J connectivity index is 1.82. The number of amides is 3. The van der Waals surface area contributed by atoms with Crippen LogP contribution in [0.25, 0.3) is 0 Å². The average molecular weight is 329 g/mol. The van der Waals surface area contributed by atoms with Gasteiger partial charge in [-0.15, -0.1) is 0 Å². The molecule has 0 bridgehead atoms. The summed E-state index contributed by atoms with van der Waals surface area (Å²) in [6, 6.07) is 13.0. The van der Waals surface area contributed by atoms with Crippen molar-refractivity contribution in [1.82, 2.24) is 5.32 Å². The lowest BCUT2D eigenvalue weighted by Gasteiger charge is -2.11. The molecule has 0 aromatic heterocycles. The quantitative estimate of drug-likeness (QED) is 0.678. The van der Waals surface area contributed by atoms with E-state index in [2.05, 4.69) is 10.6 Å². The normalized spacial score (nSPS) is 9.88. The summed E-state index contributed by atoms with van der Waals surface area (Å²) in [7, 11) is 0. The fourth-order valence-corrected chi connectivity index (χ4v) is 1.96. The Morgan fingerprint density at radius 1 is 1.00 bits per heavy atom. The van der Waals surface area contributed by atoms with Crippen molar-refractivity contribution in [3.05, 3.63) is 54.1 Å². The minimum atomic E-state index is -0.614. The molecule has 7 nitrogen and oxygen atoms in total. The van der Waals surface area contributed by atoms with Gasteiger partial charge >= 0.3 is 6.03 Å². The zero-order valence-corrected chi connectivity index (χ0v) is 13.2. The third kappa shape index (κ3) is 4.91. The Hall–Kier alpha value is -3.22. The number of hydrogen-bond donors (Lipinski definition) is 3. The Bertz CT molecular complexity index is 701. The molecule has 0 aliphatic carbocycles. The van der Waals surface area contributed by atoms with Gasteiger partial charge in [-0.1, -0.05) is 12.1 Å². The highest BCUT2D eigenvalue weighted by molar-refractivity contribution is 6.02. The highest BCUT2D eigenvalue weighted by Gasteiger charge is 2.09. The minimum Gasteiger partial charge on any atom is -0.494 e. The summed E-state index contributed by atoms with van der Waals surface area (Å²) in [5, 5.41) is 5.08. The van der Waals surface area contributed by atoms with Crippen LogP contribution >= 0.6 is 0 Å². The van der Waals surface area contributed by atoms with E-state index in [0.29, 0.717) is 18.0 Å². The molecule has 0 heterocycles. The van der Waals surface area contributed by atoms with E-state index in [0.717, 1.165) is 5.75 Å². The molecule has 0 spiro atoms. The molecule has 2 aromatic rings. The molecule has 126 valence electrons. The first kappa shape index (κ1) is 17.1. The van der Waals surface area contributed by atoms with Crippen LogP contribution in [0.5, 0.6) is 11.5 Å². The number of hydrogen-bond acceptors (Lipinski definition) is 4. The van der Waals surface area contributed by atoms with E-state index >= 15 is 0 Å². The largest absolute Gasteiger partial charge is 0.494 e. The monoisotopic (exact) mass is 329 g/mol. The minimum absolute atomic E-state index is 0.0292. The van der Waals surface area contributed by atoms with Crippen molar-refractivity contribution >= 4 is 17.6 Å². The fraction of sp³-hybridized carbons (Fsp3) is 0.176. The van der Waals surface area contributed by atoms with Crippen molar-refractivity contribution in [1.29, 1.82) is 0 Å². The molecule has 0 atom stereocenters. The van der Waals surface area contributed by atoms with Gasteiger partial charge in [0.25, 0.3) is 5.91 Å². The van der Waals surface area contributed by atoms with Gasteiger partial charge in [0.2, 0.25) is 0 Å². The molecule has 0 fully saturated rings. The number of carbonyl (C=O) groups is 2. The standard InChI is InChI=1S/C17H19N3O4/c1-2-23-12-7-9-13(10-8-12)24-11-19-17(22)20-15-6-4-3-5-14(15)16(18)21/h3-10H,2,11H2,1H3,(H2,18,21)(H2,19,20,22). The number of nitrogens with one attached hydrogen (secondary N) is 2. The molecule has 0 aliphatic heterocycles. The number of nitrogens with two attached hydrogens (primary N) is 1. The summed E-state index contributed by atoms with van der Waals surface area (Å²) in [5.41, 5.74) is 5.83. The number of para-hydroxylation sites is 1. The average Bonchev–Trinajstić information content (AvgIpc) is 2.57. The molecule has 0 unspecified atom stereocenters. The lowest BCUT2D eigenvalue weighted by Crippen LogP contribution is -2.32. The van der Waals surface area contributed by atoms with Crippen LogP contribution in [0.3, 0.4) is 0 Å². The molecule has 0 saturated heterocycles. The summed E-state index contributed by atoms with van der Waals surface area (Å²) in [5.74, 6) is 0.728. The van der Waals surface area contributed by atoms with Crippen molar-refractivity contribution < 1.29 is 19.1 Å². The van der Waals surface area contributed by atoms with Gasteiger partial charge < -0.3 is 25.8 Å². The molecule has 2 aromatic carbocycles. The van der Waals surface area contributed by atoms with E-state index in [1.807, 2.05) is 6.92 Å². The summed E-state index contributed by atoms with van der Waals surface area (Å²) in [6.45, 7) is 2.47. The Kier molecular flexibility index (Phi) is 6.01. The van der Waals surface area contributed by atoms with Gasteiger partial charge in [-0.05, 0) is 43.3 Å². The summed E-state index contributed by atoms with van der Waals surface area (Å²) >= 11 is 0. The van der Waals surface area contributed by atoms with E-state index in [1.54, 1.807) is 42.5 Å². The van der Waals surface area contributed by atoms with Gasteiger partial charge in [-0.3, -0.25) is 4.79 Å². The molecule has 2 rings (SSSR count). The van der Waals surface area contributed by atoms with E-state index in [4.69, 9.17) is 15.2 Å². The first-order chi connectivity index (χ1) is 11.6. The number of ether oxygens (including phenoxy) is 2. The zero-order chi connectivity index (χ0) is 17.4. The van der Waals surface area contributed by atoms with Gasteiger partial charge in [-0.2, -0.15) is 0 Å². The van der Waals surface area contributed by atoms with Gasteiger partial charge in [0, 0.05) is 0 Å². The lowest BCUT2D eigenvalue weighted by molar-refractivity contribution is 0.100. The van der Waals surface area contributed by atoms with E-state index in [9.17, 15) is 9.59 Å². The molecular weight excluding hydrogens is 310 g/mol. The summed E-state index contributed by atoms with van der Waals surface area (Å²) in [4.78, 5) is 23.1. The maximum Gasteiger partial charge on any atom is 0.321 e. The van der Waals surface area contributed by atoms with Crippen LogP contribution in [-0.4, -0.2) is 25.3 Å². The van der Waals surface area contributed by atoms with Crippen LogP contribution in [0.2, 0.25) is 0 Å². The first-order valence-electron chi connectivity index (χ1n) is 7.39. The fourth-order valence-electron chi connectivity index (χ4n) is 1.96. The topological polar surface area (TPSA) is 103 Å². The Morgan fingerprint density at radius 2 is 1.62 bits per heavy atom. The zero-order valence-electron chi connectivity index (χ0n) is 13.2. The highest BCUT2D eigenvalue weighted by Crippen LogP contribution is 2.17. The van der Waals surface area contributed by atoms with Crippen molar-refractivity contribution in [3.63, 3.8) is 0 Å². The predicted octanol–water partition coefficient (Wildman–Crippen LogP) is 2.34. The number of primary amides is 1. The SMILES string of the molecule is CCOc1ccc(OCNC(=O)Nc2ccccc2C(N)=O)cc1. The van der Waals surface area contributed by atoms with Gasteiger partial charge in [0.15, 0.2) is 6.73 Å². The van der Waals surface area contributed by atoms with Crippen LogP contribution in [0, 0.1) is 0 Å². The smallest absolute Gasteiger partial charge is 0.321 e. The summed E-state index contributed by atoms with van der Waals surface area (Å²) in [6.07, 6.45) is 0. The first-order valence-corrected chi connectivity index (χ1v) is 7.39. The van der Waals surface area contributed by atoms with Crippen LogP contribution < -0.4 is 25.8 Å². The maximum atomic E-state index is 11.8. The molecular formula is C17H19N3O4. The number of urea groups is 1. The van der Waals surface area contributed by atoms with Crippen LogP contribution in [0.15, 0.2) is 48.5 Å². The summed E-state index contributed by atoms with van der Waals surface area (Å²) < 4.78 is 10.7. The second-order valence-corrected chi connectivity index (χ2v) is 4.73.